The van der Waals surface area contributed by atoms with Gasteiger partial charge in [0.1, 0.15) is 0 Å². The van der Waals surface area contributed by atoms with Crippen LogP contribution in [-0.2, 0) is 14.3 Å². The Balaban J connectivity index is 1.18. The van der Waals surface area contributed by atoms with E-state index in [0.717, 1.165) is 37.6 Å². The predicted molar refractivity (Wildman–Crippen MR) is 241 cm³/mol. The molecular formula is C50H55N3OS2. The van der Waals surface area contributed by atoms with Crippen LogP contribution in [-0.4, -0.2) is 61.1 Å². The minimum atomic E-state index is -0.422. The second-order valence-electron chi connectivity index (χ2n) is 13.9. The van der Waals surface area contributed by atoms with Crippen molar-refractivity contribution in [2.24, 2.45) is 0 Å². The zero-order valence-electron chi connectivity index (χ0n) is 32.7. The van der Waals surface area contributed by atoms with Crippen molar-refractivity contribution in [3.63, 3.8) is 0 Å². The van der Waals surface area contributed by atoms with Gasteiger partial charge < -0.3 is 15.5 Å². The molecular weight excluding hydrogens is 723 g/mol. The molecule has 0 bridgehead atoms. The third kappa shape index (κ3) is 9.85. The Hall–Kier alpha value is -4.59. The molecule has 1 unspecified atom stereocenters. The fourth-order valence-corrected chi connectivity index (χ4v) is 10.5. The van der Waals surface area contributed by atoms with Crippen LogP contribution >= 0.6 is 23.5 Å². The normalized spacial score (nSPS) is 12.3. The SMILES string of the molecule is CCN(CC)CCC(NCCSC(c1ccccc1)(c1ccccc1)c1ccccc1)C(=O)NCCSC(c1ccccc1)(c1ccccc1)c1ccccc1. The van der Waals surface area contributed by atoms with Crippen molar-refractivity contribution in [2.75, 3.05) is 44.2 Å². The molecule has 6 aromatic rings. The fourth-order valence-electron chi connectivity index (χ4n) is 7.65. The number of hydrogen-bond acceptors (Lipinski definition) is 5. The Morgan fingerprint density at radius 1 is 0.500 bits per heavy atom. The van der Waals surface area contributed by atoms with Crippen molar-refractivity contribution in [1.29, 1.82) is 0 Å². The third-order valence-electron chi connectivity index (χ3n) is 10.6. The smallest absolute Gasteiger partial charge is 0.237 e. The van der Waals surface area contributed by atoms with Crippen LogP contribution < -0.4 is 10.6 Å². The van der Waals surface area contributed by atoms with Crippen molar-refractivity contribution in [3.8, 4) is 0 Å². The number of carbonyl (C=O) groups excluding carboxylic acids is 1. The highest BCUT2D eigenvalue weighted by molar-refractivity contribution is 8.00. The molecule has 56 heavy (non-hydrogen) atoms. The molecule has 1 atom stereocenters. The van der Waals surface area contributed by atoms with Crippen molar-refractivity contribution < 1.29 is 4.79 Å². The minimum absolute atomic E-state index is 0.0629. The summed E-state index contributed by atoms with van der Waals surface area (Å²) in [7, 11) is 0. The summed E-state index contributed by atoms with van der Waals surface area (Å²) in [4.78, 5) is 16.5. The molecule has 0 radical (unpaired) electrons. The Morgan fingerprint density at radius 2 is 0.804 bits per heavy atom. The molecule has 6 rings (SSSR count). The molecule has 0 saturated heterocycles. The first-order valence-corrected chi connectivity index (χ1v) is 21.9. The summed E-state index contributed by atoms with van der Waals surface area (Å²) < 4.78 is -0.820. The molecule has 0 aliphatic rings. The van der Waals surface area contributed by atoms with E-state index in [2.05, 4.69) is 211 Å². The molecule has 288 valence electrons. The number of benzene rings is 6. The summed E-state index contributed by atoms with van der Waals surface area (Å²) >= 11 is 3.80. The molecule has 6 heteroatoms. The zero-order valence-corrected chi connectivity index (χ0v) is 34.4. The van der Waals surface area contributed by atoms with Gasteiger partial charge in [0.25, 0.3) is 0 Å². The predicted octanol–water partition coefficient (Wildman–Crippen LogP) is 10.2. The Labute approximate surface area is 343 Å². The van der Waals surface area contributed by atoms with Crippen LogP contribution in [0.2, 0.25) is 0 Å². The molecule has 2 N–H and O–H groups in total. The molecule has 6 aromatic carbocycles. The fraction of sp³-hybridized carbons (Fsp3) is 0.260. The van der Waals surface area contributed by atoms with Crippen LogP contribution in [0.25, 0.3) is 0 Å². The maximum atomic E-state index is 14.1. The van der Waals surface area contributed by atoms with Crippen LogP contribution in [0.4, 0.5) is 0 Å². The van der Waals surface area contributed by atoms with E-state index in [1.807, 2.05) is 23.5 Å². The van der Waals surface area contributed by atoms with Crippen molar-refractivity contribution >= 4 is 29.4 Å². The van der Waals surface area contributed by atoms with Gasteiger partial charge in [0.05, 0.1) is 15.5 Å². The van der Waals surface area contributed by atoms with E-state index in [4.69, 9.17) is 0 Å². The molecule has 4 nitrogen and oxygen atoms in total. The average Bonchev–Trinajstić information content (AvgIpc) is 3.28. The number of amides is 1. The van der Waals surface area contributed by atoms with Crippen LogP contribution in [0.1, 0.15) is 53.6 Å². The molecule has 0 spiro atoms. The number of thioether (sulfide) groups is 2. The van der Waals surface area contributed by atoms with Gasteiger partial charge in [0, 0.05) is 31.1 Å². The maximum absolute atomic E-state index is 14.1. The zero-order chi connectivity index (χ0) is 38.9. The first-order chi connectivity index (χ1) is 27.6. The summed E-state index contributed by atoms with van der Waals surface area (Å²) in [5, 5.41) is 7.08. The molecule has 1 amide bonds. The second kappa shape index (κ2) is 21.1. The summed E-state index contributed by atoms with van der Waals surface area (Å²) in [5.74, 6) is 1.63. The highest BCUT2D eigenvalue weighted by Gasteiger charge is 2.38. The summed E-state index contributed by atoms with van der Waals surface area (Å²) in [6.07, 6.45) is 0.745. The highest BCUT2D eigenvalue weighted by Crippen LogP contribution is 2.49. The lowest BCUT2D eigenvalue weighted by molar-refractivity contribution is -0.123. The van der Waals surface area contributed by atoms with Crippen LogP contribution in [0.5, 0.6) is 0 Å². The Bertz CT molecular complexity index is 1800. The van der Waals surface area contributed by atoms with Crippen molar-refractivity contribution in [3.05, 3.63) is 215 Å². The van der Waals surface area contributed by atoms with E-state index in [9.17, 15) is 4.79 Å². The lowest BCUT2D eigenvalue weighted by atomic mass is 9.84. The van der Waals surface area contributed by atoms with E-state index in [1.165, 1.54) is 33.4 Å². The van der Waals surface area contributed by atoms with Crippen molar-refractivity contribution in [2.45, 2.75) is 35.8 Å². The summed E-state index contributed by atoms with van der Waals surface area (Å²) in [6, 6.07) is 64.4. The largest absolute Gasteiger partial charge is 0.354 e. The molecule has 0 fully saturated rings. The molecule has 0 aromatic heterocycles. The van der Waals surface area contributed by atoms with E-state index >= 15 is 0 Å². The van der Waals surface area contributed by atoms with E-state index in [-0.39, 0.29) is 11.9 Å². The first-order valence-electron chi connectivity index (χ1n) is 20.0. The minimum Gasteiger partial charge on any atom is -0.354 e. The molecule has 0 aliphatic heterocycles. The second-order valence-corrected chi connectivity index (χ2v) is 16.5. The van der Waals surface area contributed by atoms with Gasteiger partial charge in [-0.15, -0.1) is 23.5 Å². The monoisotopic (exact) mass is 777 g/mol. The number of nitrogens with one attached hydrogen (secondary N) is 2. The summed E-state index contributed by atoms with van der Waals surface area (Å²) in [6.45, 7) is 8.43. The average molecular weight is 778 g/mol. The lowest BCUT2D eigenvalue weighted by Gasteiger charge is -2.36. The van der Waals surface area contributed by atoms with Crippen molar-refractivity contribution in [1.82, 2.24) is 15.5 Å². The Kier molecular flexibility index (Phi) is 15.5. The molecule has 0 saturated carbocycles. The van der Waals surface area contributed by atoms with E-state index in [1.54, 1.807) is 0 Å². The van der Waals surface area contributed by atoms with Crippen LogP contribution in [0.15, 0.2) is 182 Å². The number of hydrogen-bond donors (Lipinski definition) is 2. The number of carbonyl (C=O) groups is 1. The third-order valence-corrected chi connectivity index (χ3v) is 13.7. The van der Waals surface area contributed by atoms with Crippen LogP contribution in [0.3, 0.4) is 0 Å². The first kappa shape index (κ1) is 41.1. The molecule has 0 aliphatic carbocycles. The number of rotatable bonds is 21. The van der Waals surface area contributed by atoms with Gasteiger partial charge in [-0.05, 0) is 52.9 Å². The van der Waals surface area contributed by atoms with Gasteiger partial charge in [-0.25, -0.2) is 0 Å². The van der Waals surface area contributed by atoms with Gasteiger partial charge in [-0.2, -0.15) is 0 Å². The highest BCUT2D eigenvalue weighted by atomic mass is 32.2. The topological polar surface area (TPSA) is 44.4 Å². The van der Waals surface area contributed by atoms with Gasteiger partial charge in [0.2, 0.25) is 5.91 Å². The Morgan fingerprint density at radius 3 is 1.11 bits per heavy atom. The van der Waals surface area contributed by atoms with E-state index in [0.29, 0.717) is 13.1 Å². The lowest BCUT2D eigenvalue weighted by Crippen LogP contribution is -2.47. The van der Waals surface area contributed by atoms with Crippen LogP contribution in [0, 0.1) is 0 Å². The van der Waals surface area contributed by atoms with E-state index < -0.39 is 9.49 Å². The van der Waals surface area contributed by atoms with Gasteiger partial charge in [-0.1, -0.05) is 196 Å². The quantitative estimate of drug-likeness (QED) is 0.0563. The van der Waals surface area contributed by atoms with Gasteiger partial charge >= 0.3 is 0 Å². The van der Waals surface area contributed by atoms with Gasteiger partial charge in [0.15, 0.2) is 0 Å². The standard InChI is InChI=1S/C50H55N3OS2/c1-3-53(4-2)38-35-47(51-36-39-55-49(41-23-11-5-12-24-41,42-25-13-6-14-26-42)43-27-15-7-16-28-43)48(54)52-37-40-56-50(44-29-17-8-18-30-44,45-31-19-9-20-32-45)46-33-21-10-22-34-46/h5-34,47,51H,3-4,35-40H2,1-2H3,(H,52,54). The molecule has 0 heterocycles. The summed E-state index contributed by atoms with van der Waals surface area (Å²) in [5.41, 5.74) is 7.41. The van der Waals surface area contributed by atoms with Gasteiger partial charge in [-0.3, -0.25) is 4.79 Å². The number of nitrogens with zero attached hydrogens (tertiary/aromatic N) is 1. The maximum Gasteiger partial charge on any atom is 0.237 e.